The highest BCUT2D eigenvalue weighted by molar-refractivity contribution is 7.10. The molecule has 0 radical (unpaired) electrons. The number of hydrogen-bond acceptors (Lipinski definition) is 4. The van der Waals surface area contributed by atoms with Gasteiger partial charge in [-0.1, -0.05) is 25.3 Å². The third-order valence-electron chi connectivity index (χ3n) is 6.49. The zero-order chi connectivity index (χ0) is 20.4. The minimum Gasteiger partial charge on any atom is -0.357 e. The first-order valence-corrected chi connectivity index (χ1v) is 12.6. The summed E-state index contributed by atoms with van der Waals surface area (Å²) in [6.07, 6.45) is 9.06. The Morgan fingerprint density at radius 2 is 1.97 bits per heavy atom. The fourth-order valence-corrected chi connectivity index (χ4v) is 5.68. The number of likely N-dealkylation sites (N-methyl/N-ethyl adjacent to an activating group) is 1. The lowest BCUT2D eigenvalue weighted by Crippen LogP contribution is -2.41. The van der Waals surface area contributed by atoms with Gasteiger partial charge in [0.1, 0.15) is 0 Å². The van der Waals surface area contributed by atoms with Gasteiger partial charge in [0.2, 0.25) is 0 Å². The summed E-state index contributed by atoms with van der Waals surface area (Å²) in [6.45, 7) is 11.0. The maximum atomic E-state index is 5.06. The lowest BCUT2D eigenvalue weighted by atomic mass is 9.73. The first-order valence-electron chi connectivity index (χ1n) is 11.7. The van der Waals surface area contributed by atoms with Gasteiger partial charge < -0.3 is 20.4 Å². The molecule has 0 spiro atoms. The van der Waals surface area contributed by atoms with Gasteiger partial charge in [-0.25, -0.2) is 0 Å². The van der Waals surface area contributed by atoms with Crippen LogP contribution in [0.3, 0.4) is 0 Å². The van der Waals surface area contributed by atoms with Crippen LogP contribution in [0.2, 0.25) is 0 Å². The molecule has 1 aromatic heterocycles. The van der Waals surface area contributed by atoms with Gasteiger partial charge in [0.05, 0.1) is 6.54 Å². The molecule has 5 nitrogen and oxygen atoms in total. The quantitative estimate of drug-likeness (QED) is 0.384. The average Bonchev–Trinajstić information content (AvgIpc) is 3.21. The predicted molar refractivity (Wildman–Crippen MR) is 126 cm³/mol. The molecule has 6 heteroatoms. The van der Waals surface area contributed by atoms with Gasteiger partial charge in [-0.05, 0) is 70.7 Å². The first-order chi connectivity index (χ1) is 14.2. The summed E-state index contributed by atoms with van der Waals surface area (Å²) in [4.78, 5) is 11.6. The normalized spacial score (nSPS) is 21.7. The van der Waals surface area contributed by atoms with Crippen LogP contribution in [0, 0.1) is 0 Å². The SMILES string of the molecule is CCNC(=NCC1(c2cccs2)CCCCC1)NCCCN1CCCN(C)CC1. The van der Waals surface area contributed by atoms with Gasteiger partial charge in [-0.3, -0.25) is 4.99 Å². The van der Waals surface area contributed by atoms with Crippen LogP contribution in [-0.2, 0) is 5.41 Å². The molecule has 29 heavy (non-hydrogen) atoms. The number of thiophene rings is 1. The highest BCUT2D eigenvalue weighted by atomic mass is 32.1. The van der Waals surface area contributed by atoms with Crippen molar-refractivity contribution in [1.82, 2.24) is 20.4 Å². The molecule has 2 heterocycles. The Morgan fingerprint density at radius 3 is 2.72 bits per heavy atom. The molecule has 1 aromatic rings. The van der Waals surface area contributed by atoms with Crippen LogP contribution in [0.1, 0.15) is 56.7 Å². The lowest BCUT2D eigenvalue weighted by molar-refractivity contribution is 0.273. The van der Waals surface area contributed by atoms with Crippen molar-refractivity contribution in [2.75, 3.05) is 59.4 Å². The summed E-state index contributed by atoms with van der Waals surface area (Å²) in [5, 5.41) is 9.27. The molecular weight excluding hydrogens is 378 g/mol. The molecule has 1 aliphatic carbocycles. The van der Waals surface area contributed by atoms with E-state index in [1.165, 1.54) is 82.5 Å². The second kappa shape index (κ2) is 11.9. The van der Waals surface area contributed by atoms with Crippen LogP contribution >= 0.6 is 11.3 Å². The molecule has 1 aliphatic heterocycles. The Hall–Kier alpha value is -1.11. The van der Waals surface area contributed by atoms with Gasteiger partial charge in [-0.2, -0.15) is 0 Å². The van der Waals surface area contributed by atoms with E-state index in [1.807, 2.05) is 11.3 Å². The van der Waals surface area contributed by atoms with Crippen LogP contribution in [0.4, 0.5) is 0 Å². The minimum absolute atomic E-state index is 0.257. The van der Waals surface area contributed by atoms with Crippen molar-refractivity contribution in [2.24, 2.45) is 4.99 Å². The summed E-state index contributed by atoms with van der Waals surface area (Å²) in [7, 11) is 2.24. The van der Waals surface area contributed by atoms with Crippen LogP contribution < -0.4 is 10.6 Å². The Bertz CT molecular complexity index is 594. The number of hydrogen-bond donors (Lipinski definition) is 2. The second-order valence-electron chi connectivity index (χ2n) is 8.79. The van der Waals surface area contributed by atoms with E-state index in [2.05, 4.69) is 51.9 Å². The number of aliphatic imine (C=N–C) groups is 1. The van der Waals surface area contributed by atoms with Gasteiger partial charge in [0.15, 0.2) is 5.96 Å². The molecule has 1 saturated heterocycles. The van der Waals surface area contributed by atoms with Gasteiger partial charge in [-0.15, -0.1) is 11.3 Å². The highest BCUT2D eigenvalue weighted by Gasteiger charge is 2.34. The van der Waals surface area contributed by atoms with E-state index < -0.39 is 0 Å². The molecule has 0 atom stereocenters. The third kappa shape index (κ3) is 6.97. The lowest BCUT2D eigenvalue weighted by Gasteiger charge is -2.35. The number of guanidine groups is 1. The van der Waals surface area contributed by atoms with E-state index in [9.17, 15) is 0 Å². The standard InChI is InChI=1S/C23H41N5S/c1-3-24-22(25-13-8-15-28-16-9-14-27(2)17-18-28)26-20-23(11-5-4-6-12-23)21-10-7-19-29-21/h7,10,19H,3-6,8-9,11-18,20H2,1-2H3,(H2,24,25,26). The molecule has 2 aliphatic rings. The minimum atomic E-state index is 0.257. The summed E-state index contributed by atoms with van der Waals surface area (Å²) in [5.41, 5.74) is 0.257. The molecule has 2 N–H and O–H groups in total. The van der Waals surface area contributed by atoms with Crippen molar-refractivity contribution in [2.45, 2.75) is 57.3 Å². The third-order valence-corrected chi connectivity index (χ3v) is 7.61. The molecule has 0 bridgehead atoms. The summed E-state index contributed by atoms with van der Waals surface area (Å²) in [5.74, 6) is 0.990. The Kier molecular flexibility index (Phi) is 9.28. The Labute approximate surface area is 182 Å². The van der Waals surface area contributed by atoms with E-state index in [0.717, 1.165) is 25.6 Å². The maximum absolute atomic E-state index is 5.06. The Morgan fingerprint density at radius 1 is 1.10 bits per heavy atom. The molecule has 1 saturated carbocycles. The molecule has 0 aromatic carbocycles. The number of nitrogens with one attached hydrogen (secondary N) is 2. The summed E-state index contributed by atoms with van der Waals surface area (Å²) < 4.78 is 0. The topological polar surface area (TPSA) is 42.9 Å². The Balaban J connectivity index is 1.49. The van der Waals surface area contributed by atoms with Crippen molar-refractivity contribution in [3.63, 3.8) is 0 Å². The summed E-state index contributed by atoms with van der Waals surface area (Å²) in [6, 6.07) is 4.52. The largest absolute Gasteiger partial charge is 0.357 e. The number of nitrogens with zero attached hydrogens (tertiary/aromatic N) is 3. The van der Waals surface area contributed by atoms with Crippen molar-refractivity contribution in [3.05, 3.63) is 22.4 Å². The van der Waals surface area contributed by atoms with E-state index >= 15 is 0 Å². The van der Waals surface area contributed by atoms with Crippen molar-refractivity contribution < 1.29 is 0 Å². The molecule has 164 valence electrons. The van der Waals surface area contributed by atoms with E-state index in [0.29, 0.717) is 0 Å². The molecule has 2 fully saturated rings. The van der Waals surface area contributed by atoms with Gasteiger partial charge in [0, 0.05) is 36.5 Å². The summed E-state index contributed by atoms with van der Waals surface area (Å²) >= 11 is 1.91. The van der Waals surface area contributed by atoms with Crippen LogP contribution in [0.15, 0.2) is 22.5 Å². The van der Waals surface area contributed by atoms with E-state index in [-0.39, 0.29) is 5.41 Å². The fraction of sp³-hybridized carbons (Fsp3) is 0.783. The maximum Gasteiger partial charge on any atom is 0.191 e. The molecule has 3 rings (SSSR count). The zero-order valence-corrected chi connectivity index (χ0v) is 19.4. The van der Waals surface area contributed by atoms with Gasteiger partial charge >= 0.3 is 0 Å². The second-order valence-corrected chi connectivity index (χ2v) is 9.74. The monoisotopic (exact) mass is 419 g/mol. The smallest absolute Gasteiger partial charge is 0.191 e. The van der Waals surface area contributed by atoms with Crippen LogP contribution in [0.5, 0.6) is 0 Å². The van der Waals surface area contributed by atoms with Crippen molar-refractivity contribution in [1.29, 1.82) is 0 Å². The molecule has 0 amide bonds. The fourth-order valence-electron chi connectivity index (χ4n) is 4.70. The first kappa shape index (κ1) is 22.6. The zero-order valence-electron chi connectivity index (χ0n) is 18.6. The number of rotatable bonds is 8. The average molecular weight is 420 g/mol. The van der Waals surface area contributed by atoms with Crippen LogP contribution in [-0.4, -0.2) is 75.2 Å². The van der Waals surface area contributed by atoms with Gasteiger partial charge in [0.25, 0.3) is 0 Å². The molecule has 0 unspecified atom stereocenters. The highest BCUT2D eigenvalue weighted by Crippen LogP contribution is 2.41. The van der Waals surface area contributed by atoms with E-state index in [4.69, 9.17) is 4.99 Å². The van der Waals surface area contributed by atoms with Crippen molar-refractivity contribution in [3.8, 4) is 0 Å². The predicted octanol–water partition coefficient (Wildman–Crippen LogP) is 3.53. The van der Waals surface area contributed by atoms with E-state index in [1.54, 1.807) is 0 Å². The molecular formula is C23H41N5S. The van der Waals surface area contributed by atoms with Crippen LogP contribution in [0.25, 0.3) is 0 Å². The van der Waals surface area contributed by atoms with Crippen molar-refractivity contribution >= 4 is 17.3 Å².